The van der Waals surface area contributed by atoms with Crippen LogP contribution in [0.1, 0.15) is 0 Å². The molecule has 2 rings (SSSR count). The molecule has 0 atom stereocenters. The monoisotopic (exact) mass is 232 g/mol. The van der Waals surface area contributed by atoms with Gasteiger partial charge in [0.2, 0.25) is 0 Å². The summed E-state index contributed by atoms with van der Waals surface area (Å²) in [6, 6.07) is 9.88. The number of aromatic nitrogens is 2. The molecule has 17 heavy (non-hydrogen) atoms. The van der Waals surface area contributed by atoms with E-state index >= 15 is 0 Å². The average molecular weight is 232 g/mol. The van der Waals surface area contributed by atoms with Gasteiger partial charge in [0.25, 0.3) is 0 Å². The minimum absolute atomic E-state index is 0.569. The molecule has 1 aromatic carbocycles. The van der Waals surface area contributed by atoms with E-state index in [1.54, 1.807) is 11.8 Å². The maximum Gasteiger partial charge on any atom is 0.119 e. The van der Waals surface area contributed by atoms with Crippen LogP contribution in [0.3, 0.4) is 0 Å². The van der Waals surface area contributed by atoms with Gasteiger partial charge in [0, 0.05) is 25.9 Å². The average Bonchev–Trinajstić information content (AvgIpc) is 2.77. The minimum atomic E-state index is 0.569. The van der Waals surface area contributed by atoms with Crippen LogP contribution < -0.4 is 4.74 Å². The van der Waals surface area contributed by atoms with Crippen LogP contribution >= 0.6 is 0 Å². The maximum absolute atomic E-state index is 5.49. The van der Waals surface area contributed by atoms with Crippen LogP contribution in [0.15, 0.2) is 36.5 Å². The van der Waals surface area contributed by atoms with Crippen molar-refractivity contribution < 1.29 is 9.47 Å². The Labute approximate surface area is 101 Å². The molecular weight excluding hydrogens is 216 g/mol. The molecular formula is C13H16N2O2. The SMILES string of the molecule is COCCOc1ccc(-c2ccn(C)n2)cc1. The summed E-state index contributed by atoms with van der Waals surface area (Å²) in [6.45, 7) is 1.17. The Morgan fingerprint density at radius 3 is 2.47 bits per heavy atom. The summed E-state index contributed by atoms with van der Waals surface area (Å²) in [5, 5.41) is 4.34. The molecule has 2 aromatic rings. The van der Waals surface area contributed by atoms with E-state index in [0.29, 0.717) is 13.2 Å². The summed E-state index contributed by atoms with van der Waals surface area (Å²) in [7, 11) is 3.57. The molecule has 1 aromatic heterocycles. The Morgan fingerprint density at radius 1 is 1.12 bits per heavy atom. The molecule has 0 radical (unpaired) electrons. The summed E-state index contributed by atoms with van der Waals surface area (Å²) >= 11 is 0. The van der Waals surface area contributed by atoms with Gasteiger partial charge >= 0.3 is 0 Å². The molecule has 0 unspecified atom stereocenters. The van der Waals surface area contributed by atoms with E-state index in [9.17, 15) is 0 Å². The van der Waals surface area contributed by atoms with E-state index in [1.165, 1.54) is 0 Å². The molecule has 0 N–H and O–H groups in total. The van der Waals surface area contributed by atoms with E-state index in [2.05, 4.69) is 5.10 Å². The van der Waals surface area contributed by atoms with Crippen LogP contribution in [0.2, 0.25) is 0 Å². The van der Waals surface area contributed by atoms with Gasteiger partial charge in [-0.3, -0.25) is 4.68 Å². The quantitative estimate of drug-likeness (QED) is 0.741. The molecule has 0 spiro atoms. The van der Waals surface area contributed by atoms with Crippen molar-refractivity contribution in [3.8, 4) is 17.0 Å². The van der Waals surface area contributed by atoms with Gasteiger partial charge in [0.15, 0.2) is 0 Å². The number of benzene rings is 1. The molecule has 90 valence electrons. The first-order valence-electron chi connectivity index (χ1n) is 5.51. The Bertz CT molecular complexity index is 463. The Morgan fingerprint density at radius 2 is 1.88 bits per heavy atom. The fourth-order valence-electron chi connectivity index (χ4n) is 1.53. The predicted molar refractivity (Wildman–Crippen MR) is 66.0 cm³/mol. The van der Waals surface area contributed by atoms with Gasteiger partial charge in [-0.05, 0) is 30.3 Å². The maximum atomic E-state index is 5.49. The molecule has 0 bridgehead atoms. The third-order valence-corrected chi connectivity index (χ3v) is 2.42. The van der Waals surface area contributed by atoms with Gasteiger partial charge in [0.1, 0.15) is 12.4 Å². The van der Waals surface area contributed by atoms with Crippen LogP contribution in [0.25, 0.3) is 11.3 Å². The van der Waals surface area contributed by atoms with Crippen LogP contribution in [0.4, 0.5) is 0 Å². The third-order valence-electron chi connectivity index (χ3n) is 2.42. The van der Waals surface area contributed by atoms with Crippen LogP contribution in [0.5, 0.6) is 5.75 Å². The smallest absolute Gasteiger partial charge is 0.119 e. The lowest BCUT2D eigenvalue weighted by Gasteiger charge is -2.05. The fraction of sp³-hybridized carbons (Fsp3) is 0.308. The molecule has 0 aliphatic heterocycles. The molecule has 4 heteroatoms. The summed E-state index contributed by atoms with van der Waals surface area (Å²) in [5.41, 5.74) is 2.06. The van der Waals surface area contributed by atoms with Crippen molar-refractivity contribution in [2.75, 3.05) is 20.3 Å². The summed E-state index contributed by atoms with van der Waals surface area (Å²) in [6.07, 6.45) is 1.93. The van der Waals surface area contributed by atoms with Crippen LogP contribution in [-0.4, -0.2) is 30.1 Å². The second-order valence-corrected chi connectivity index (χ2v) is 3.74. The molecule has 0 saturated carbocycles. The number of rotatable bonds is 5. The van der Waals surface area contributed by atoms with Crippen molar-refractivity contribution in [1.82, 2.24) is 9.78 Å². The molecule has 0 fully saturated rings. The summed E-state index contributed by atoms with van der Waals surface area (Å²) in [5.74, 6) is 0.849. The number of nitrogens with zero attached hydrogens (tertiary/aromatic N) is 2. The first-order valence-corrected chi connectivity index (χ1v) is 5.51. The molecule has 1 heterocycles. The second kappa shape index (κ2) is 5.50. The highest BCUT2D eigenvalue weighted by atomic mass is 16.5. The van der Waals surface area contributed by atoms with E-state index in [1.807, 2.05) is 43.6 Å². The van der Waals surface area contributed by atoms with Gasteiger partial charge in [-0.1, -0.05) is 0 Å². The molecule has 4 nitrogen and oxygen atoms in total. The van der Waals surface area contributed by atoms with Crippen molar-refractivity contribution >= 4 is 0 Å². The van der Waals surface area contributed by atoms with Crippen molar-refractivity contribution in [3.63, 3.8) is 0 Å². The van der Waals surface area contributed by atoms with Gasteiger partial charge in [-0.25, -0.2) is 0 Å². The van der Waals surface area contributed by atoms with Gasteiger partial charge in [-0.15, -0.1) is 0 Å². The summed E-state index contributed by atoms with van der Waals surface area (Å²) < 4.78 is 12.2. The third kappa shape index (κ3) is 3.07. The van der Waals surface area contributed by atoms with Gasteiger partial charge in [0.05, 0.1) is 12.3 Å². The number of aryl methyl sites for hydroxylation is 1. The fourth-order valence-corrected chi connectivity index (χ4v) is 1.53. The first-order chi connectivity index (χ1) is 8.29. The van der Waals surface area contributed by atoms with Crippen molar-refractivity contribution in [3.05, 3.63) is 36.5 Å². The van der Waals surface area contributed by atoms with Crippen molar-refractivity contribution in [2.24, 2.45) is 7.05 Å². The predicted octanol–water partition coefficient (Wildman–Crippen LogP) is 2.11. The molecule has 0 aliphatic carbocycles. The number of ether oxygens (including phenoxy) is 2. The Balaban J connectivity index is 2.02. The highest BCUT2D eigenvalue weighted by Crippen LogP contribution is 2.20. The van der Waals surface area contributed by atoms with Crippen LogP contribution in [-0.2, 0) is 11.8 Å². The zero-order chi connectivity index (χ0) is 12.1. The van der Waals surface area contributed by atoms with E-state index in [0.717, 1.165) is 17.0 Å². The molecule has 0 saturated heterocycles. The molecule has 0 amide bonds. The summed E-state index contributed by atoms with van der Waals surface area (Å²) in [4.78, 5) is 0. The number of methoxy groups -OCH3 is 1. The Kier molecular flexibility index (Phi) is 3.77. The van der Waals surface area contributed by atoms with E-state index in [4.69, 9.17) is 9.47 Å². The Hall–Kier alpha value is -1.81. The largest absolute Gasteiger partial charge is 0.491 e. The lowest BCUT2D eigenvalue weighted by molar-refractivity contribution is 0.146. The van der Waals surface area contributed by atoms with Crippen LogP contribution in [0, 0.1) is 0 Å². The lowest BCUT2D eigenvalue weighted by atomic mass is 10.1. The standard InChI is InChI=1S/C13H16N2O2/c1-15-8-7-13(14-15)11-3-5-12(6-4-11)17-10-9-16-2/h3-8H,9-10H2,1-2H3. The first kappa shape index (κ1) is 11.7. The minimum Gasteiger partial charge on any atom is -0.491 e. The number of hydrogen-bond acceptors (Lipinski definition) is 3. The second-order valence-electron chi connectivity index (χ2n) is 3.74. The topological polar surface area (TPSA) is 36.3 Å². The highest BCUT2D eigenvalue weighted by molar-refractivity contribution is 5.59. The normalized spacial score (nSPS) is 10.5. The zero-order valence-electron chi connectivity index (χ0n) is 10.1. The van der Waals surface area contributed by atoms with Gasteiger partial charge < -0.3 is 9.47 Å². The zero-order valence-corrected chi connectivity index (χ0v) is 10.1. The van der Waals surface area contributed by atoms with E-state index in [-0.39, 0.29) is 0 Å². The van der Waals surface area contributed by atoms with Crippen molar-refractivity contribution in [1.29, 1.82) is 0 Å². The highest BCUT2D eigenvalue weighted by Gasteiger charge is 2.01. The van der Waals surface area contributed by atoms with Crippen molar-refractivity contribution in [2.45, 2.75) is 0 Å². The lowest BCUT2D eigenvalue weighted by Crippen LogP contribution is -2.03. The van der Waals surface area contributed by atoms with E-state index < -0.39 is 0 Å². The van der Waals surface area contributed by atoms with Gasteiger partial charge in [-0.2, -0.15) is 5.10 Å². The number of hydrogen-bond donors (Lipinski definition) is 0. The molecule has 0 aliphatic rings.